The molecule has 1 amide bonds. The van der Waals surface area contributed by atoms with Gasteiger partial charge in [-0.25, -0.2) is 0 Å². The van der Waals surface area contributed by atoms with E-state index in [1.165, 1.54) is 19.3 Å². The summed E-state index contributed by atoms with van der Waals surface area (Å²) >= 11 is 0. The molecule has 0 heterocycles. The van der Waals surface area contributed by atoms with Crippen molar-refractivity contribution in [2.24, 2.45) is 5.92 Å². The zero-order valence-electron chi connectivity index (χ0n) is 13.5. The van der Waals surface area contributed by atoms with E-state index in [9.17, 15) is 9.59 Å². The van der Waals surface area contributed by atoms with Crippen LogP contribution in [0.25, 0.3) is 0 Å². The second kappa shape index (κ2) is 11.7. The van der Waals surface area contributed by atoms with E-state index in [-0.39, 0.29) is 31.3 Å². The Kier molecular flexibility index (Phi) is 11.2. The molecule has 2 unspecified atom stereocenters. The van der Waals surface area contributed by atoms with Crippen LogP contribution in [0.5, 0.6) is 0 Å². The van der Waals surface area contributed by atoms with Crippen molar-refractivity contribution in [3.63, 3.8) is 0 Å². The summed E-state index contributed by atoms with van der Waals surface area (Å²) in [6, 6.07) is 0. The van der Waals surface area contributed by atoms with Crippen molar-refractivity contribution in [1.29, 1.82) is 0 Å². The molecule has 1 saturated carbocycles. The molecule has 0 spiro atoms. The summed E-state index contributed by atoms with van der Waals surface area (Å²) in [4.78, 5) is 23.8. The van der Waals surface area contributed by atoms with Crippen LogP contribution in [0.2, 0.25) is 0 Å². The molecule has 0 aromatic carbocycles. The highest BCUT2D eigenvalue weighted by molar-refractivity contribution is 5.85. The van der Waals surface area contributed by atoms with Gasteiger partial charge >= 0.3 is 5.97 Å². The van der Waals surface area contributed by atoms with E-state index in [2.05, 4.69) is 12.2 Å². The van der Waals surface area contributed by atoms with Crippen molar-refractivity contribution in [3.05, 3.63) is 0 Å². The fraction of sp³-hybridized carbons (Fsp3) is 0.867. The predicted molar refractivity (Wildman–Crippen MR) is 87.4 cm³/mol. The first-order valence-electron chi connectivity index (χ1n) is 7.77. The van der Waals surface area contributed by atoms with Crippen molar-refractivity contribution in [3.8, 4) is 0 Å². The van der Waals surface area contributed by atoms with Crippen LogP contribution in [0.3, 0.4) is 0 Å². The van der Waals surface area contributed by atoms with Crippen LogP contribution in [0.4, 0.5) is 0 Å². The van der Waals surface area contributed by atoms with Crippen molar-refractivity contribution in [2.45, 2.75) is 45.1 Å². The lowest BCUT2D eigenvalue weighted by Crippen LogP contribution is -2.38. The third kappa shape index (κ3) is 9.23. The monoisotopic (exact) mass is 336 g/mol. The SMILES string of the molecule is CC1CCCCC1OCCNC(=O)CN(C)CCC(=O)O.Cl. The van der Waals surface area contributed by atoms with Crippen LogP contribution in [0, 0.1) is 5.92 Å². The first kappa shape index (κ1) is 21.1. The first-order valence-corrected chi connectivity index (χ1v) is 7.77. The molecular weight excluding hydrogens is 308 g/mol. The van der Waals surface area contributed by atoms with Gasteiger partial charge in [-0.05, 0) is 25.8 Å². The van der Waals surface area contributed by atoms with Crippen LogP contribution in [-0.4, -0.2) is 61.3 Å². The zero-order valence-corrected chi connectivity index (χ0v) is 14.4. The molecule has 6 nitrogen and oxygen atoms in total. The van der Waals surface area contributed by atoms with E-state index < -0.39 is 5.97 Å². The van der Waals surface area contributed by atoms with Gasteiger partial charge < -0.3 is 15.2 Å². The average Bonchev–Trinajstić information content (AvgIpc) is 2.43. The summed E-state index contributed by atoms with van der Waals surface area (Å²) in [5.74, 6) is -0.336. The van der Waals surface area contributed by atoms with Crippen molar-refractivity contribution >= 4 is 24.3 Å². The Hall–Kier alpha value is -0.850. The fourth-order valence-electron chi connectivity index (χ4n) is 2.60. The molecule has 1 fully saturated rings. The number of ether oxygens (including phenoxy) is 1. The minimum Gasteiger partial charge on any atom is -0.481 e. The zero-order chi connectivity index (χ0) is 15.7. The van der Waals surface area contributed by atoms with Crippen molar-refractivity contribution in [1.82, 2.24) is 10.2 Å². The number of carbonyl (C=O) groups is 2. The summed E-state index contributed by atoms with van der Waals surface area (Å²) in [6.45, 7) is 3.86. The van der Waals surface area contributed by atoms with Gasteiger partial charge in [-0.2, -0.15) is 0 Å². The maximum Gasteiger partial charge on any atom is 0.304 e. The molecule has 7 heteroatoms. The molecule has 1 aliphatic rings. The molecule has 1 aliphatic carbocycles. The normalized spacial score (nSPS) is 21.2. The maximum atomic E-state index is 11.7. The van der Waals surface area contributed by atoms with Gasteiger partial charge in [-0.3, -0.25) is 14.5 Å². The highest BCUT2D eigenvalue weighted by atomic mass is 35.5. The molecule has 2 atom stereocenters. The van der Waals surface area contributed by atoms with Gasteiger partial charge in [-0.15, -0.1) is 12.4 Å². The molecule has 0 saturated heterocycles. The molecule has 0 aliphatic heterocycles. The fourth-order valence-corrected chi connectivity index (χ4v) is 2.60. The molecule has 1 rings (SSSR count). The van der Waals surface area contributed by atoms with Crippen LogP contribution in [-0.2, 0) is 14.3 Å². The Labute approximate surface area is 139 Å². The molecule has 0 aromatic rings. The number of nitrogens with one attached hydrogen (secondary N) is 1. The van der Waals surface area contributed by atoms with Crippen LogP contribution in [0.15, 0.2) is 0 Å². The Morgan fingerprint density at radius 1 is 1.32 bits per heavy atom. The van der Waals surface area contributed by atoms with E-state index in [0.29, 0.717) is 31.7 Å². The summed E-state index contributed by atoms with van der Waals surface area (Å²) < 4.78 is 5.82. The summed E-state index contributed by atoms with van der Waals surface area (Å²) in [5, 5.41) is 11.4. The van der Waals surface area contributed by atoms with E-state index >= 15 is 0 Å². The second-order valence-corrected chi connectivity index (χ2v) is 5.90. The van der Waals surface area contributed by atoms with Gasteiger partial charge in [0.1, 0.15) is 0 Å². The molecule has 0 aromatic heterocycles. The van der Waals surface area contributed by atoms with E-state index in [1.54, 1.807) is 11.9 Å². The number of carboxylic acids is 1. The Bertz CT molecular complexity index is 342. The van der Waals surface area contributed by atoms with Gasteiger partial charge in [0, 0.05) is 13.1 Å². The summed E-state index contributed by atoms with van der Waals surface area (Å²) in [7, 11) is 1.74. The lowest BCUT2D eigenvalue weighted by Gasteiger charge is -2.28. The van der Waals surface area contributed by atoms with Crippen molar-refractivity contribution < 1.29 is 19.4 Å². The lowest BCUT2D eigenvalue weighted by atomic mass is 9.88. The van der Waals surface area contributed by atoms with Gasteiger partial charge in [0.2, 0.25) is 5.91 Å². The van der Waals surface area contributed by atoms with E-state index in [1.807, 2.05) is 0 Å². The Morgan fingerprint density at radius 2 is 2.00 bits per heavy atom. The molecule has 22 heavy (non-hydrogen) atoms. The summed E-state index contributed by atoms with van der Waals surface area (Å²) in [5.41, 5.74) is 0. The number of carbonyl (C=O) groups excluding carboxylic acids is 1. The molecule has 130 valence electrons. The first-order chi connectivity index (χ1) is 9.99. The number of hydrogen-bond donors (Lipinski definition) is 2. The number of hydrogen-bond acceptors (Lipinski definition) is 4. The number of halogens is 1. The van der Waals surface area contributed by atoms with Gasteiger partial charge in [-0.1, -0.05) is 19.8 Å². The van der Waals surface area contributed by atoms with E-state index in [4.69, 9.17) is 9.84 Å². The van der Waals surface area contributed by atoms with Gasteiger partial charge in [0.25, 0.3) is 0 Å². The lowest BCUT2D eigenvalue weighted by molar-refractivity contribution is -0.137. The van der Waals surface area contributed by atoms with E-state index in [0.717, 1.165) is 6.42 Å². The Morgan fingerprint density at radius 3 is 2.64 bits per heavy atom. The largest absolute Gasteiger partial charge is 0.481 e. The van der Waals surface area contributed by atoms with Crippen LogP contribution in [0.1, 0.15) is 39.0 Å². The van der Waals surface area contributed by atoms with Crippen LogP contribution < -0.4 is 5.32 Å². The Balaban J connectivity index is 0.00000441. The maximum absolute atomic E-state index is 11.7. The van der Waals surface area contributed by atoms with Crippen molar-refractivity contribution in [2.75, 3.05) is 33.3 Å². The molecule has 0 bridgehead atoms. The third-order valence-electron chi connectivity index (χ3n) is 3.91. The topological polar surface area (TPSA) is 78.9 Å². The third-order valence-corrected chi connectivity index (χ3v) is 3.91. The second-order valence-electron chi connectivity index (χ2n) is 5.90. The predicted octanol–water partition coefficient (Wildman–Crippen LogP) is 1.53. The number of likely N-dealkylation sites (N-methyl/N-ethyl adjacent to an activating group) is 1. The standard InChI is InChI=1S/C15H28N2O4.ClH/c1-12-5-3-4-6-13(12)21-10-8-16-14(18)11-17(2)9-7-15(19)20;/h12-13H,3-11H2,1-2H3,(H,16,18)(H,19,20);1H. The minimum absolute atomic E-state index is 0. The number of amides is 1. The number of nitrogens with zero attached hydrogens (tertiary/aromatic N) is 1. The average molecular weight is 337 g/mol. The molecule has 2 N–H and O–H groups in total. The number of aliphatic carboxylic acids is 1. The van der Waals surface area contributed by atoms with Gasteiger partial charge in [0.15, 0.2) is 0 Å². The highest BCUT2D eigenvalue weighted by Gasteiger charge is 2.21. The molecular formula is C15H29ClN2O4. The number of carboxylic acid groups (broad SMARTS) is 1. The van der Waals surface area contributed by atoms with Crippen LogP contribution >= 0.6 is 12.4 Å². The molecule has 0 radical (unpaired) electrons. The number of rotatable bonds is 9. The summed E-state index contributed by atoms with van der Waals surface area (Å²) in [6.07, 6.45) is 5.25. The quantitative estimate of drug-likeness (QED) is 0.624. The van der Waals surface area contributed by atoms with Gasteiger partial charge in [0.05, 0.1) is 25.7 Å². The minimum atomic E-state index is -0.850. The smallest absolute Gasteiger partial charge is 0.304 e. The highest BCUT2D eigenvalue weighted by Crippen LogP contribution is 2.25.